The van der Waals surface area contributed by atoms with Crippen molar-refractivity contribution in [1.82, 2.24) is 0 Å². The van der Waals surface area contributed by atoms with Gasteiger partial charge in [-0.3, -0.25) is 0 Å². The monoisotopic (exact) mass is 215 g/mol. The van der Waals surface area contributed by atoms with Gasteiger partial charge in [0, 0.05) is 5.39 Å². The van der Waals surface area contributed by atoms with E-state index in [4.69, 9.17) is 10.2 Å². The predicted octanol–water partition coefficient (Wildman–Crippen LogP) is 3.54. The zero-order chi connectivity index (χ0) is 11.1. The number of hydrogen-bond donors (Lipinski definition) is 1. The van der Waals surface area contributed by atoms with Crippen molar-refractivity contribution < 1.29 is 4.42 Å². The minimum atomic E-state index is 0.0688. The van der Waals surface area contributed by atoms with E-state index in [1.54, 1.807) is 0 Å². The minimum Gasteiger partial charge on any atom is -0.459 e. The zero-order valence-corrected chi connectivity index (χ0v) is 9.57. The highest BCUT2D eigenvalue weighted by molar-refractivity contribution is 5.81. The van der Waals surface area contributed by atoms with E-state index in [1.165, 1.54) is 23.8 Å². The molecule has 2 N–H and O–H groups in total. The molecular formula is C14H17NO. The van der Waals surface area contributed by atoms with Crippen molar-refractivity contribution in [1.29, 1.82) is 0 Å². The summed E-state index contributed by atoms with van der Waals surface area (Å²) in [6, 6.07) is 8.32. The number of aryl methyl sites for hydroxylation is 1. The van der Waals surface area contributed by atoms with Crippen molar-refractivity contribution in [2.24, 2.45) is 11.7 Å². The molecule has 2 nitrogen and oxygen atoms in total. The number of rotatable bonds is 3. The van der Waals surface area contributed by atoms with Gasteiger partial charge in [-0.2, -0.15) is 0 Å². The maximum Gasteiger partial charge on any atom is 0.134 e. The molecule has 84 valence electrons. The second kappa shape index (κ2) is 3.63. The highest BCUT2D eigenvalue weighted by atomic mass is 16.3. The van der Waals surface area contributed by atoms with E-state index in [0.29, 0.717) is 0 Å². The van der Waals surface area contributed by atoms with E-state index in [0.717, 1.165) is 23.7 Å². The third kappa shape index (κ3) is 1.74. The maximum atomic E-state index is 6.16. The van der Waals surface area contributed by atoms with Gasteiger partial charge in [0.2, 0.25) is 0 Å². The summed E-state index contributed by atoms with van der Waals surface area (Å²) in [5.74, 6) is 1.78. The molecule has 3 rings (SSSR count). The standard InChI is InChI=1S/C14H17NO/c1-9-3-2-4-13-11(9)8-14(16-13)12(15)7-10-5-6-10/h2-4,8,10,12H,5-7,15H2,1H3. The summed E-state index contributed by atoms with van der Waals surface area (Å²) in [4.78, 5) is 0. The third-order valence-corrected chi connectivity index (χ3v) is 3.45. The lowest BCUT2D eigenvalue weighted by Crippen LogP contribution is -2.09. The van der Waals surface area contributed by atoms with Gasteiger partial charge in [-0.05, 0) is 37.0 Å². The lowest BCUT2D eigenvalue weighted by atomic mass is 10.1. The molecule has 0 radical (unpaired) electrons. The summed E-state index contributed by atoms with van der Waals surface area (Å²) in [7, 11) is 0. The molecule has 1 fully saturated rings. The smallest absolute Gasteiger partial charge is 0.134 e. The quantitative estimate of drug-likeness (QED) is 0.850. The van der Waals surface area contributed by atoms with E-state index < -0.39 is 0 Å². The molecular weight excluding hydrogens is 198 g/mol. The third-order valence-electron chi connectivity index (χ3n) is 3.45. The Morgan fingerprint density at radius 2 is 2.25 bits per heavy atom. The van der Waals surface area contributed by atoms with E-state index in [9.17, 15) is 0 Å². The number of hydrogen-bond acceptors (Lipinski definition) is 2. The Morgan fingerprint density at radius 3 is 2.94 bits per heavy atom. The average molecular weight is 215 g/mol. The van der Waals surface area contributed by atoms with Crippen LogP contribution in [0.1, 0.15) is 36.6 Å². The molecule has 0 bridgehead atoms. The van der Waals surface area contributed by atoms with Crippen LogP contribution in [-0.4, -0.2) is 0 Å². The van der Waals surface area contributed by atoms with Crippen LogP contribution < -0.4 is 5.73 Å². The van der Waals surface area contributed by atoms with Crippen molar-refractivity contribution >= 4 is 11.0 Å². The van der Waals surface area contributed by atoms with Gasteiger partial charge in [-0.1, -0.05) is 25.0 Å². The number of benzene rings is 1. The predicted molar refractivity (Wildman–Crippen MR) is 65.2 cm³/mol. The molecule has 1 aromatic carbocycles. The molecule has 16 heavy (non-hydrogen) atoms. The summed E-state index contributed by atoms with van der Waals surface area (Å²) < 4.78 is 5.81. The van der Waals surface area contributed by atoms with Crippen LogP contribution in [0.2, 0.25) is 0 Å². The summed E-state index contributed by atoms with van der Waals surface area (Å²) >= 11 is 0. The van der Waals surface area contributed by atoms with Crippen LogP contribution in [0.4, 0.5) is 0 Å². The lowest BCUT2D eigenvalue weighted by molar-refractivity contribution is 0.463. The first-order valence-electron chi connectivity index (χ1n) is 5.98. The van der Waals surface area contributed by atoms with Crippen molar-refractivity contribution in [2.45, 2.75) is 32.2 Å². The normalized spacial score (nSPS) is 17.9. The molecule has 0 amide bonds. The highest BCUT2D eigenvalue weighted by Gasteiger charge is 2.26. The van der Waals surface area contributed by atoms with Gasteiger partial charge < -0.3 is 10.2 Å². The van der Waals surface area contributed by atoms with Gasteiger partial charge in [0.15, 0.2) is 0 Å². The van der Waals surface area contributed by atoms with E-state index in [-0.39, 0.29) is 6.04 Å². The summed E-state index contributed by atoms with van der Waals surface area (Å²) in [5.41, 5.74) is 8.37. The number of fused-ring (bicyclic) bond motifs is 1. The topological polar surface area (TPSA) is 39.2 Å². The summed E-state index contributed by atoms with van der Waals surface area (Å²) in [6.07, 6.45) is 3.75. The Balaban J connectivity index is 1.94. The fourth-order valence-electron chi connectivity index (χ4n) is 2.24. The van der Waals surface area contributed by atoms with Crippen LogP contribution in [0.5, 0.6) is 0 Å². The molecule has 2 heteroatoms. The number of furan rings is 1. The van der Waals surface area contributed by atoms with Crippen molar-refractivity contribution in [3.8, 4) is 0 Å². The van der Waals surface area contributed by atoms with Gasteiger partial charge in [-0.25, -0.2) is 0 Å². The zero-order valence-electron chi connectivity index (χ0n) is 9.57. The second-order valence-electron chi connectivity index (χ2n) is 4.92. The SMILES string of the molecule is Cc1cccc2oc(C(N)CC3CC3)cc12. The van der Waals surface area contributed by atoms with Crippen LogP contribution in [0.3, 0.4) is 0 Å². The first-order chi connectivity index (χ1) is 7.74. The van der Waals surface area contributed by atoms with Crippen LogP contribution in [0.15, 0.2) is 28.7 Å². The second-order valence-corrected chi connectivity index (χ2v) is 4.92. The summed E-state index contributed by atoms with van der Waals surface area (Å²) in [6.45, 7) is 2.11. The van der Waals surface area contributed by atoms with Crippen LogP contribution in [0, 0.1) is 12.8 Å². The van der Waals surface area contributed by atoms with Crippen molar-refractivity contribution in [3.05, 3.63) is 35.6 Å². The Morgan fingerprint density at radius 1 is 1.44 bits per heavy atom. The molecule has 1 heterocycles. The van der Waals surface area contributed by atoms with Gasteiger partial charge in [-0.15, -0.1) is 0 Å². The van der Waals surface area contributed by atoms with E-state index in [2.05, 4.69) is 19.1 Å². The Hall–Kier alpha value is -1.28. The molecule has 1 aliphatic carbocycles. The molecule has 0 saturated heterocycles. The lowest BCUT2D eigenvalue weighted by Gasteiger charge is -2.06. The first-order valence-corrected chi connectivity index (χ1v) is 5.98. The molecule has 0 spiro atoms. The largest absolute Gasteiger partial charge is 0.459 e. The molecule has 1 unspecified atom stereocenters. The van der Waals surface area contributed by atoms with Crippen LogP contribution in [0.25, 0.3) is 11.0 Å². The van der Waals surface area contributed by atoms with Crippen LogP contribution >= 0.6 is 0 Å². The minimum absolute atomic E-state index is 0.0688. The van der Waals surface area contributed by atoms with Crippen molar-refractivity contribution in [3.63, 3.8) is 0 Å². The molecule has 1 atom stereocenters. The molecule has 0 aliphatic heterocycles. The Labute approximate surface area is 95.4 Å². The summed E-state index contributed by atoms with van der Waals surface area (Å²) in [5, 5.41) is 1.20. The molecule has 2 aromatic rings. The fourth-order valence-corrected chi connectivity index (χ4v) is 2.24. The number of nitrogens with two attached hydrogens (primary N) is 1. The van der Waals surface area contributed by atoms with E-state index in [1.807, 2.05) is 12.1 Å². The van der Waals surface area contributed by atoms with Gasteiger partial charge in [0.1, 0.15) is 11.3 Å². The maximum absolute atomic E-state index is 6.16. The molecule has 1 saturated carbocycles. The molecule has 1 aromatic heterocycles. The van der Waals surface area contributed by atoms with Gasteiger partial charge in [0.05, 0.1) is 6.04 Å². The van der Waals surface area contributed by atoms with Crippen LogP contribution in [-0.2, 0) is 0 Å². The van der Waals surface area contributed by atoms with E-state index >= 15 is 0 Å². The van der Waals surface area contributed by atoms with Gasteiger partial charge >= 0.3 is 0 Å². The Bertz CT molecular complexity index is 510. The highest BCUT2D eigenvalue weighted by Crippen LogP contribution is 2.37. The van der Waals surface area contributed by atoms with Gasteiger partial charge in [0.25, 0.3) is 0 Å². The Kier molecular flexibility index (Phi) is 2.25. The molecule has 1 aliphatic rings. The average Bonchev–Trinajstić information content (AvgIpc) is 2.95. The fraction of sp³-hybridized carbons (Fsp3) is 0.429. The van der Waals surface area contributed by atoms with Crippen molar-refractivity contribution in [2.75, 3.05) is 0 Å². The first kappa shape index (κ1) is 9.91.